The summed E-state index contributed by atoms with van der Waals surface area (Å²) in [6.45, 7) is 3.90. The molecule has 98 valence electrons. The SMILES string of the molecule is C[C@]1(CSc2ccccc2)CCC2(C1)OCCO2. The first kappa shape index (κ1) is 12.5. The smallest absolute Gasteiger partial charge is 0.169 e. The fourth-order valence-electron chi connectivity index (χ4n) is 2.96. The lowest BCUT2D eigenvalue weighted by atomic mass is 9.91. The van der Waals surface area contributed by atoms with Gasteiger partial charge in [-0.15, -0.1) is 11.8 Å². The van der Waals surface area contributed by atoms with Crippen molar-refractivity contribution in [3.8, 4) is 0 Å². The maximum Gasteiger partial charge on any atom is 0.169 e. The van der Waals surface area contributed by atoms with E-state index in [4.69, 9.17) is 9.47 Å². The Kier molecular flexibility index (Phi) is 3.39. The van der Waals surface area contributed by atoms with Gasteiger partial charge in [0.1, 0.15) is 0 Å². The molecule has 0 N–H and O–H groups in total. The van der Waals surface area contributed by atoms with Crippen molar-refractivity contribution in [1.29, 1.82) is 0 Å². The second-order valence-corrected chi connectivity index (χ2v) is 6.75. The van der Waals surface area contributed by atoms with Crippen LogP contribution in [0.3, 0.4) is 0 Å². The summed E-state index contributed by atoms with van der Waals surface area (Å²) in [5.41, 5.74) is 0.338. The number of hydrogen-bond acceptors (Lipinski definition) is 3. The number of thioether (sulfide) groups is 1. The van der Waals surface area contributed by atoms with Crippen LogP contribution in [0.15, 0.2) is 35.2 Å². The highest BCUT2D eigenvalue weighted by Crippen LogP contribution is 2.50. The molecule has 1 aromatic rings. The molecule has 2 nitrogen and oxygen atoms in total. The van der Waals surface area contributed by atoms with Crippen LogP contribution in [-0.4, -0.2) is 24.8 Å². The summed E-state index contributed by atoms with van der Waals surface area (Å²) in [4.78, 5) is 1.35. The number of benzene rings is 1. The van der Waals surface area contributed by atoms with Crippen LogP contribution in [0.5, 0.6) is 0 Å². The summed E-state index contributed by atoms with van der Waals surface area (Å²) in [6.07, 6.45) is 3.30. The zero-order chi connectivity index (χ0) is 12.5. The molecular formula is C15H20O2S. The summed E-state index contributed by atoms with van der Waals surface area (Å²) < 4.78 is 11.6. The van der Waals surface area contributed by atoms with Gasteiger partial charge in [0, 0.05) is 23.5 Å². The lowest BCUT2D eigenvalue weighted by molar-refractivity contribution is -0.155. The minimum absolute atomic E-state index is 0.244. The molecule has 1 heterocycles. The van der Waals surface area contributed by atoms with Crippen LogP contribution in [0.25, 0.3) is 0 Å². The second kappa shape index (κ2) is 4.87. The van der Waals surface area contributed by atoms with Gasteiger partial charge in [-0.25, -0.2) is 0 Å². The molecule has 1 saturated carbocycles. The topological polar surface area (TPSA) is 18.5 Å². The van der Waals surface area contributed by atoms with Gasteiger partial charge < -0.3 is 9.47 Å². The zero-order valence-corrected chi connectivity index (χ0v) is 11.7. The van der Waals surface area contributed by atoms with Crippen LogP contribution in [0.4, 0.5) is 0 Å². The van der Waals surface area contributed by atoms with Crippen molar-refractivity contribution in [2.24, 2.45) is 5.41 Å². The fraction of sp³-hybridized carbons (Fsp3) is 0.600. The van der Waals surface area contributed by atoms with E-state index in [1.54, 1.807) is 0 Å². The average Bonchev–Trinajstić information content (AvgIpc) is 2.98. The largest absolute Gasteiger partial charge is 0.348 e. The van der Waals surface area contributed by atoms with Gasteiger partial charge >= 0.3 is 0 Å². The molecule has 1 aromatic carbocycles. The molecule has 0 bridgehead atoms. The third-order valence-electron chi connectivity index (χ3n) is 3.95. The third-order valence-corrected chi connectivity index (χ3v) is 5.40. The van der Waals surface area contributed by atoms with E-state index < -0.39 is 0 Å². The second-order valence-electron chi connectivity index (χ2n) is 5.70. The molecule has 18 heavy (non-hydrogen) atoms. The van der Waals surface area contributed by atoms with Crippen molar-refractivity contribution in [3.63, 3.8) is 0 Å². The molecule has 1 spiro atoms. The lowest BCUT2D eigenvalue weighted by Gasteiger charge is -2.27. The highest BCUT2D eigenvalue weighted by Gasteiger charge is 2.49. The fourth-order valence-corrected chi connectivity index (χ4v) is 4.07. The molecule has 0 unspecified atom stereocenters. The van der Waals surface area contributed by atoms with Crippen molar-refractivity contribution < 1.29 is 9.47 Å². The van der Waals surface area contributed by atoms with E-state index in [0.29, 0.717) is 5.41 Å². The van der Waals surface area contributed by atoms with Crippen molar-refractivity contribution in [1.82, 2.24) is 0 Å². The van der Waals surface area contributed by atoms with Gasteiger partial charge in [-0.3, -0.25) is 0 Å². The first-order valence-corrected chi connectivity index (χ1v) is 7.64. The van der Waals surface area contributed by atoms with E-state index in [9.17, 15) is 0 Å². The highest BCUT2D eigenvalue weighted by molar-refractivity contribution is 7.99. The molecule has 0 aromatic heterocycles. The maximum absolute atomic E-state index is 5.82. The van der Waals surface area contributed by atoms with Gasteiger partial charge in [-0.1, -0.05) is 25.1 Å². The van der Waals surface area contributed by atoms with Crippen LogP contribution < -0.4 is 0 Å². The molecule has 0 amide bonds. The molecule has 1 atom stereocenters. The van der Waals surface area contributed by atoms with Crippen molar-refractivity contribution >= 4 is 11.8 Å². The lowest BCUT2D eigenvalue weighted by Crippen LogP contribution is -2.28. The number of hydrogen-bond donors (Lipinski definition) is 0. The summed E-state index contributed by atoms with van der Waals surface area (Å²) in [7, 11) is 0. The number of rotatable bonds is 3. The molecule has 1 aliphatic carbocycles. The molecule has 1 aliphatic heterocycles. The van der Waals surface area contributed by atoms with Crippen LogP contribution >= 0.6 is 11.8 Å². The molecule has 1 saturated heterocycles. The van der Waals surface area contributed by atoms with Crippen LogP contribution in [0.2, 0.25) is 0 Å². The van der Waals surface area contributed by atoms with Crippen LogP contribution in [0.1, 0.15) is 26.2 Å². The van der Waals surface area contributed by atoms with Crippen LogP contribution in [-0.2, 0) is 9.47 Å². The Morgan fingerprint density at radius 2 is 1.83 bits per heavy atom. The van der Waals surface area contributed by atoms with Crippen molar-refractivity contribution in [2.75, 3.05) is 19.0 Å². The third kappa shape index (κ3) is 2.58. The molecule has 3 rings (SSSR count). The van der Waals surface area contributed by atoms with Crippen LogP contribution in [0, 0.1) is 5.41 Å². The van der Waals surface area contributed by atoms with E-state index in [1.165, 1.54) is 11.3 Å². The Labute approximate surface area is 113 Å². The predicted octanol–water partition coefficient (Wildman–Crippen LogP) is 3.71. The summed E-state index contributed by atoms with van der Waals surface area (Å²) in [6, 6.07) is 10.6. The quantitative estimate of drug-likeness (QED) is 0.775. The van der Waals surface area contributed by atoms with Gasteiger partial charge in [0.05, 0.1) is 13.2 Å². The van der Waals surface area contributed by atoms with E-state index in [1.807, 2.05) is 11.8 Å². The van der Waals surface area contributed by atoms with Crippen molar-refractivity contribution in [3.05, 3.63) is 30.3 Å². The number of ether oxygens (including phenoxy) is 2. The first-order valence-electron chi connectivity index (χ1n) is 6.66. The minimum Gasteiger partial charge on any atom is -0.348 e. The molecule has 0 radical (unpaired) electrons. The van der Waals surface area contributed by atoms with E-state index in [0.717, 1.165) is 31.8 Å². The van der Waals surface area contributed by atoms with E-state index in [2.05, 4.69) is 37.3 Å². The van der Waals surface area contributed by atoms with E-state index in [-0.39, 0.29) is 5.79 Å². The minimum atomic E-state index is -0.244. The molecular weight excluding hydrogens is 244 g/mol. The van der Waals surface area contributed by atoms with Gasteiger partial charge in [-0.05, 0) is 24.0 Å². The molecule has 2 aliphatic rings. The van der Waals surface area contributed by atoms with E-state index >= 15 is 0 Å². The Morgan fingerprint density at radius 3 is 2.56 bits per heavy atom. The normalized spacial score (nSPS) is 30.1. The maximum atomic E-state index is 5.82. The Bertz CT molecular complexity index is 400. The summed E-state index contributed by atoms with van der Waals surface area (Å²) in [5.74, 6) is 0.900. The van der Waals surface area contributed by atoms with Gasteiger partial charge in [0.25, 0.3) is 0 Å². The predicted molar refractivity (Wildman–Crippen MR) is 73.8 cm³/mol. The average molecular weight is 264 g/mol. The van der Waals surface area contributed by atoms with Crippen molar-refractivity contribution in [2.45, 2.75) is 36.9 Å². The summed E-state index contributed by atoms with van der Waals surface area (Å²) in [5, 5.41) is 0. The zero-order valence-electron chi connectivity index (χ0n) is 10.9. The Morgan fingerprint density at radius 1 is 1.11 bits per heavy atom. The monoisotopic (exact) mass is 264 g/mol. The highest BCUT2D eigenvalue weighted by atomic mass is 32.2. The van der Waals surface area contributed by atoms with Gasteiger partial charge in [0.2, 0.25) is 0 Å². The molecule has 2 fully saturated rings. The van der Waals surface area contributed by atoms with Gasteiger partial charge in [-0.2, -0.15) is 0 Å². The Hall–Kier alpha value is -0.510. The summed E-state index contributed by atoms with van der Waals surface area (Å²) >= 11 is 1.95. The Balaban J connectivity index is 1.59. The first-order chi connectivity index (χ1) is 8.70. The standard InChI is InChI=1S/C15H20O2S/c1-14(12-18-13-5-3-2-4-6-13)7-8-15(11-14)16-9-10-17-15/h2-6H,7-12H2,1H3/t14-/m0/s1. The van der Waals surface area contributed by atoms with Gasteiger partial charge in [0.15, 0.2) is 5.79 Å². The molecule has 3 heteroatoms.